The molecule has 1 N–H and O–H groups in total. The molecule has 0 aliphatic carbocycles. The van der Waals surface area contributed by atoms with E-state index < -0.39 is 5.54 Å². The van der Waals surface area contributed by atoms with Gasteiger partial charge in [-0.25, -0.2) is 9.97 Å². The van der Waals surface area contributed by atoms with Crippen molar-refractivity contribution in [2.45, 2.75) is 45.6 Å². The standard InChI is InChI=1S/C13H18ClN3/c1-7-13(5,6)17-10-8-9(14)15-11(16-10)12(2,3)4/h1,8H,2-6H3,(H,15,16,17). The van der Waals surface area contributed by atoms with Crippen molar-refractivity contribution >= 4 is 17.4 Å². The molecule has 1 rings (SSSR count). The maximum atomic E-state index is 5.99. The lowest BCUT2D eigenvalue weighted by Crippen LogP contribution is -2.29. The zero-order valence-corrected chi connectivity index (χ0v) is 11.7. The van der Waals surface area contributed by atoms with Gasteiger partial charge in [0.05, 0.1) is 5.54 Å². The Morgan fingerprint density at radius 1 is 1.24 bits per heavy atom. The highest BCUT2D eigenvalue weighted by atomic mass is 35.5. The maximum Gasteiger partial charge on any atom is 0.137 e. The first kappa shape index (κ1) is 13.8. The lowest BCUT2D eigenvalue weighted by Gasteiger charge is -2.23. The fraction of sp³-hybridized carbons (Fsp3) is 0.538. The van der Waals surface area contributed by atoms with Crippen molar-refractivity contribution in [3.8, 4) is 12.3 Å². The van der Waals surface area contributed by atoms with E-state index in [0.717, 1.165) is 0 Å². The first-order chi connectivity index (χ1) is 7.64. The van der Waals surface area contributed by atoms with Gasteiger partial charge in [0.15, 0.2) is 0 Å². The first-order valence-corrected chi connectivity index (χ1v) is 5.83. The van der Waals surface area contributed by atoms with Crippen LogP contribution in [0.5, 0.6) is 0 Å². The second-order valence-corrected chi connectivity index (χ2v) is 5.93. The molecule has 1 heterocycles. The van der Waals surface area contributed by atoms with Crippen molar-refractivity contribution in [3.05, 3.63) is 17.0 Å². The smallest absolute Gasteiger partial charge is 0.137 e. The van der Waals surface area contributed by atoms with Gasteiger partial charge >= 0.3 is 0 Å². The zero-order chi connectivity index (χ0) is 13.3. The van der Waals surface area contributed by atoms with Gasteiger partial charge in [0.1, 0.15) is 16.8 Å². The van der Waals surface area contributed by atoms with Crippen molar-refractivity contribution < 1.29 is 0 Å². The van der Waals surface area contributed by atoms with Crippen LogP contribution >= 0.6 is 11.6 Å². The molecule has 0 fully saturated rings. The molecule has 0 saturated carbocycles. The molecule has 0 radical (unpaired) electrons. The van der Waals surface area contributed by atoms with E-state index >= 15 is 0 Å². The van der Waals surface area contributed by atoms with E-state index in [9.17, 15) is 0 Å². The van der Waals surface area contributed by atoms with Crippen LogP contribution in [0.25, 0.3) is 0 Å². The molecule has 0 atom stereocenters. The first-order valence-electron chi connectivity index (χ1n) is 5.45. The Bertz CT molecular complexity index is 453. The monoisotopic (exact) mass is 251 g/mol. The van der Waals surface area contributed by atoms with Gasteiger partial charge < -0.3 is 5.32 Å². The number of nitrogens with one attached hydrogen (secondary N) is 1. The minimum absolute atomic E-state index is 0.151. The van der Waals surface area contributed by atoms with Crippen LogP contribution in [-0.2, 0) is 5.41 Å². The zero-order valence-electron chi connectivity index (χ0n) is 10.9. The average Bonchev–Trinajstić information content (AvgIpc) is 2.14. The minimum atomic E-state index is -0.465. The molecule has 4 heteroatoms. The SMILES string of the molecule is C#CC(C)(C)Nc1cc(Cl)nc(C(C)(C)C)n1. The van der Waals surface area contributed by atoms with Crippen molar-refractivity contribution in [2.24, 2.45) is 0 Å². The number of rotatable bonds is 2. The summed E-state index contributed by atoms with van der Waals surface area (Å²) in [6, 6.07) is 1.68. The molecule has 0 unspecified atom stereocenters. The van der Waals surface area contributed by atoms with Crippen LogP contribution in [0.4, 0.5) is 5.82 Å². The molecule has 1 aromatic heterocycles. The highest BCUT2D eigenvalue weighted by Crippen LogP contribution is 2.23. The van der Waals surface area contributed by atoms with E-state index in [1.165, 1.54) is 0 Å². The largest absolute Gasteiger partial charge is 0.354 e. The number of hydrogen-bond acceptors (Lipinski definition) is 3. The molecule has 0 bridgehead atoms. The van der Waals surface area contributed by atoms with Gasteiger partial charge in [-0.05, 0) is 13.8 Å². The van der Waals surface area contributed by atoms with Crippen LogP contribution in [0.15, 0.2) is 6.07 Å². The molecule has 3 nitrogen and oxygen atoms in total. The molecule has 1 aromatic rings. The molecule has 0 amide bonds. The quantitative estimate of drug-likeness (QED) is 0.648. The number of terminal acetylenes is 1. The third kappa shape index (κ3) is 3.90. The Hall–Kier alpha value is -1.27. The Morgan fingerprint density at radius 2 is 1.82 bits per heavy atom. The molecule has 0 aliphatic rings. The lowest BCUT2D eigenvalue weighted by atomic mass is 9.96. The molecule has 92 valence electrons. The van der Waals surface area contributed by atoms with E-state index in [0.29, 0.717) is 16.8 Å². The predicted molar refractivity (Wildman–Crippen MR) is 72.3 cm³/mol. The van der Waals surface area contributed by atoms with E-state index in [1.807, 2.05) is 34.6 Å². The van der Waals surface area contributed by atoms with Gasteiger partial charge in [-0.1, -0.05) is 38.3 Å². The van der Waals surface area contributed by atoms with Crippen molar-refractivity contribution in [2.75, 3.05) is 5.32 Å². The predicted octanol–water partition coefficient (Wildman–Crippen LogP) is 3.25. The van der Waals surface area contributed by atoms with Gasteiger partial charge in [-0.15, -0.1) is 6.42 Å². The Balaban J connectivity index is 3.12. The van der Waals surface area contributed by atoms with Crippen LogP contribution in [0.1, 0.15) is 40.4 Å². The summed E-state index contributed by atoms with van der Waals surface area (Å²) in [4.78, 5) is 8.66. The van der Waals surface area contributed by atoms with Crippen molar-refractivity contribution in [1.29, 1.82) is 0 Å². The topological polar surface area (TPSA) is 37.8 Å². The summed E-state index contributed by atoms with van der Waals surface area (Å²) in [7, 11) is 0. The number of anilines is 1. The Kier molecular flexibility index (Phi) is 3.68. The van der Waals surface area contributed by atoms with Crippen molar-refractivity contribution in [3.63, 3.8) is 0 Å². The van der Waals surface area contributed by atoms with Gasteiger partial charge in [0.2, 0.25) is 0 Å². The highest BCUT2D eigenvalue weighted by molar-refractivity contribution is 6.29. The van der Waals surface area contributed by atoms with Crippen LogP contribution < -0.4 is 5.32 Å². The lowest BCUT2D eigenvalue weighted by molar-refractivity contribution is 0.545. The fourth-order valence-corrected chi connectivity index (χ4v) is 1.36. The van der Waals surface area contributed by atoms with E-state index in [1.54, 1.807) is 6.07 Å². The van der Waals surface area contributed by atoms with Gasteiger partial charge in [0.25, 0.3) is 0 Å². The van der Waals surface area contributed by atoms with Crippen molar-refractivity contribution in [1.82, 2.24) is 9.97 Å². The van der Waals surface area contributed by atoms with Gasteiger partial charge in [-0.3, -0.25) is 0 Å². The second kappa shape index (κ2) is 4.54. The summed E-state index contributed by atoms with van der Waals surface area (Å²) >= 11 is 5.99. The van der Waals surface area contributed by atoms with Crippen LogP contribution in [0.2, 0.25) is 5.15 Å². The summed E-state index contributed by atoms with van der Waals surface area (Å²) < 4.78 is 0. The van der Waals surface area contributed by atoms with E-state index in [2.05, 4.69) is 21.2 Å². The summed E-state index contributed by atoms with van der Waals surface area (Å²) in [5.74, 6) is 4.00. The molecule has 0 saturated heterocycles. The Morgan fingerprint density at radius 3 is 2.29 bits per heavy atom. The molecule has 17 heavy (non-hydrogen) atoms. The molecule has 0 spiro atoms. The highest BCUT2D eigenvalue weighted by Gasteiger charge is 2.20. The third-order valence-electron chi connectivity index (χ3n) is 2.17. The van der Waals surface area contributed by atoms with E-state index in [-0.39, 0.29) is 5.41 Å². The van der Waals surface area contributed by atoms with Crippen LogP contribution in [0, 0.1) is 12.3 Å². The third-order valence-corrected chi connectivity index (χ3v) is 2.36. The molecular weight excluding hydrogens is 234 g/mol. The number of halogens is 1. The van der Waals surface area contributed by atoms with Gasteiger partial charge in [-0.2, -0.15) is 0 Å². The summed E-state index contributed by atoms with van der Waals surface area (Å²) in [5, 5.41) is 3.57. The summed E-state index contributed by atoms with van der Waals surface area (Å²) in [5.41, 5.74) is -0.617. The van der Waals surface area contributed by atoms with Crippen LogP contribution in [0.3, 0.4) is 0 Å². The maximum absolute atomic E-state index is 5.99. The Labute approximate surface area is 108 Å². The fourth-order valence-electron chi connectivity index (χ4n) is 1.17. The van der Waals surface area contributed by atoms with Crippen LogP contribution in [-0.4, -0.2) is 15.5 Å². The second-order valence-electron chi connectivity index (χ2n) is 5.54. The molecule has 0 aliphatic heterocycles. The normalized spacial score (nSPS) is 12.1. The molecular formula is C13H18ClN3. The number of aromatic nitrogens is 2. The number of hydrogen-bond donors (Lipinski definition) is 1. The summed E-state index contributed by atoms with van der Waals surface area (Å²) in [6.45, 7) is 9.91. The van der Waals surface area contributed by atoms with E-state index in [4.69, 9.17) is 18.0 Å². The summed E-state index contributed by atoms with van der Waals surface area (Å²) in [6.07, 6.45) is 5.43. The number of nitrogens with zero attached hydrogens (tertiary/aromatic N) is 2. The average molecular weight is 252 g/mol. The minimum Gasteiger partial charge on any atom is -0.354 e. The molecule has 0 aromatic carbocycles. The van der Waals surface area contributed by atoms with Gasteiger partial charge in [0, 0.05) is 11.5 Å².